The third-order valence-corrected chi connectivity index (χ3v) is 7.04. The lowest BCUT2D eigenvalue weighted by molar-refractivity contribution is -0.135. The van der Waals surface area contributed by atoms with Gasteiger partial charge in [0, 0.05) is 67.6 Å². The van der Waals surface area contributed by atoms with Crippen molar-refractivity contribution >= 4 is 52.2 Å². The number of aryl methyl sites for hydroxylation is 1. The molecule has 1 aliphatic rings. The van der Waals surface area contributed by atoms with E-state index in [0.717, 1.165) is 15.4 Å². The van der Waals surface area contributed by atoms with Crippen molar-refractivity contribution in [2.24, 2.45) is 7.05 Å². The summed E-state index contributed by atoms with van der Waals surface area (Å²) in [6.45, 7) is 3.85. The Labute approximate surface area is 191 Å². The number of hydrogen-bond donors (Lipinski definition) is 0. The maximum absolute atomic E-state index is 12.5. The van der Waals surface area contributed by atoms with Gasteiger partial charge >= 0.3 is 0 Å². The van der Waals surface area contributed by atoms with Crippen LogP contribution < -0.4 is 0 Å². The van der Waals surface area contributed by atoms with Crippen molar-refractivity contribution in [3.63, 3.8) is 0 Å². The Morgan fingerprint density at radius 1 is 1.00 bits per heavy atom. The summed E-state index contributed by atoms with van der Waals surface area (Å²) in [5.74, 6) is 0.00627. The van der Waals surface area contributed by atoms with E-state index in [1.807, 2.05) is 25.2 Å². The Hall–Kier alpha value is -2.70. The summed E-state index contributed by atoms with van der Waals surface area (Å²) in [6.07, 6.45) is 5.42. The Morgan fingerprint density at radius 2 is 1.74 bits per heavy atom. The van der Waals surface area contributed by atoms with Crippen LogP contribution in [0, 0.1) is 0 Å². The van der Waals surface area contributed by atoms with Gasteiger partial charge in [0.2, 0.25) is 11.8 Å². The first-order valence-corrected chi connectivity index (χ1v) is 11.4. The number of nitrogens with zero attached hydrogens (tertiary/aromatic N) is 3. The minimum Gasteiger partial charge on any atom is -0.350 e. The largest absolute Gasteiger partial charge is 0.350 e. The quantitative estimate of drug-likeness (QED) is 0.538. The van der Waals surface area contributed by atoms with E-state index in [4.69, 9.17) is 11.6 Å². The summed E-state index contributed by atoms with van der Waals surface area (Å²) >= 11 is 8.20. The maximum atomic E-state index is 12.5. The highest BCUT2D eigenvalue weighted by Gasteiger charge is 2.20. The molecule has 160 valence electrons. The predicted molar refractivity (Wildman–Crippen MR) is 126 cm³/mol. The van der Waals surface area contributed by atoms with Gasteiger partial charge in [0.15, 0.2) is 0 Å². The average Bonchev–Trinajstić information content (AvgIpc) is 3.15. The van der Waals surface area contributed by atoms with Crippen LogP contribution in [0.15, 0.2) is 64.5 Å². The van der Waals surface area contributed by atoms with Crippen LogP contribution in [-0.4, -0.2) is 52.4 Å². The van der Waals surface area contributed by atoms with Crippen LogP contribution in [0.5, 0.6) is 0 Å². The van der Waals surface area contributed by atoms with Crippen molar-refractivity contribution < 1.29 is 9.59 Å². The van der Waals surface area contributed by atoms with E-state index in [0.29, 0.717) is 31.2 Å². The summed E-state index contributed by atoms with van der Waals surface area (Å²) in [6, 6.07) is 14.2. The van der Waals surface area contributed by atoms with E-state index < -0.39 is 0 Å². The molecule has 31 heavy (non-hydrogen) atoms. The van der Waals surface area contributed by atoms with Gasteiger partial charge in [-0.05, 0) is 35.9 Å². The normalized spacial score (nSPS) is 14.5. The van der Waals surface area contributed by atoms with Gasteiger partial charge in [0.05, 0.1) is 10.5 Å². The number of halogens is 1. The zero-order valence-corrected chi connectivity index (χ0v) is 19.1. The molecule has 0 atom stereocenters. The maximum Gasteiger partial charge on any atom is 0.246 e. The highest BCUT2D eigenvalue weighted by molar-refractivity contribution is 7.99. The number of fused-ring (bicyclic) bond motifs is 1. The molecule has 3 aromatic rings. The smallest absolute Gasteiger partial charge is 0.246 e. The first-order chi connectivity index (χ1) is 14.9. The SMILES string of the molecule is CC(=O)N1CCN(C(=O)/C=C/c2ccc(Sc3cccc4ccn(C)c34)c(Cl)c2)CC1. The van der Waals surface area contributed by atoms with Crippen LogP contribution in [0.1, 0.15) is 12.5 Å². The molecule has 2 amide bonds. The monoisotopic (exact) mass is 453 g/mol. The summed E-state index contributed by atoms with van der Waals surface area (Å²) in [7, 11) is 2.04. The van der Waals surface area contributed by atoms with E-state index in [2.05, 4.69) is 35.0 Å². The van der Waals surface area contributed by atoms with E-state index >= 15 is 0 Å². The highest BCUT2D eigenvalue weighted by Crippen LogP contribution is 2.37. The lowest BCUT2D eigenvalue weighted by Gasteiger charge is -2.33. The van der Waals surface area contributed by atoms with Crippen molar-refractivity contribution in [2.75, 3.05) is 26.2 Å². The van der Waals surface area contributed by atoms with Gasteiger partial charge in [0.25, 0.3) is 0 Å². The van der Waals surface area contributed by atoms with Crippen LogP contribution in [0.25, 0.3) is 17.0 Å². The van der Waals surface area contributed by atoms with E-state index in [9.17, 15) is 9.59 Å². The Kier molecular flexibility index (Phi) is 6.39. The molecule has 1 aliphatic heterocycles. The van der Waals surface area contributed by atoms with E-state index in [-0.39, 0.29) is 11.8 Å². The summed E-state index contributed by atoms with van der Waals surface area (Å²) in [5.41, 5.74) is 2.06. The first kappa shape index (κ1) is 21.5. The summed E-state index contributed by atoms with van der Waals surface area (Å²) in [4.78, 5) is 29.5. The molecule has 2 aromatic carbocycles. The number of piperazine rings is 1. The lowest BCUT2D eigenvalue weighted by atomic mass is 10.2. The molecule has 1 fully saturated rings. The highest BCUT2D eigenvalue weighted by atomic mass is 35.5. The second-order valence-corrected chi connectivity index (χ2v) is 9.07. The van der Waals surface area contributed by atoms with E-state index in [1.165, 1.54) is 10.9 Å². The van der Waals surface area contributed by atoms with Crippen molar-refractivity contribution in [1.82, 2.24) is 14.4 Å². The summed E-state index contributed by atoms with van der Waals surface area (Å²) < 4.78 is 2.12. The number of rotatable bonds is 4. The van der Waals surface area contributed by atoms with E-state index in [1.54, 1.807) is 40.6 Å². The van der Waals surface area contributed by atoms with Gasteiger partial charge in [-0.25, -0.2) is 0 Å². The van der Waals surface area contributed by atoms with Crippen LogP contribution in [0.2, 0.25) is 5.02 Å². The lowest BCUT2D eigenvalue weighted by Crippen LogP contribution is -2.49. The van der Waals surface area contributed by atoms with Crippen LogP contribution in [0.3, 0.4) is 0 Å². The minimum atomic E-state index is -0.0480. The fraction of sp³-hybridized carbons (Fsp3) is 0.250. The molecular weight excluding hydrogens is 430 g/mol. The topological polar surface area (TPSA) is 45.6 Å². The number of hydrogen-bond acceptors (Lipinski definition) is 3. The Bertz CT molecular complexity index is 1160. The molecule has 0 aliphatic carbocycles. The van der Waals surface area contributed by atoms with Gasteiger partial charge in [-0.3, -0.25) is 9.59 Å². The molecule has 0 radical (unpaired) electrons. The van der Waals surface area contributed by atoms with Crippen molar-refractivity contribution in [3.05, 3.63) is 65.3 Å². The van der Waals surface area contributed by atoms with Gasteiger partial charge in [-0.1, -0.05) is 41.6 Å². The molecule has 0 bridgehead atoms. The Balaban J connectivity index is 1.43. The fourth-order valence-corrected chi connectivity index (χ4v) is 5.08. The van der Waals surface area contributed by atoms with Crippen LogP contribution in [-0.2, 0) is 16.6 Å². The Morgan fingerprint density at radius 3 is 2.45 bits per heavy atom. The molecule has 4 rings (SSSR count). The predicted octanol–water partition coefficient (Wildman–Crippen LogP) is 4.69. The first-order valence-electron chi connectivity index (χ1n) is 10.2. The number of para-hydroxylation sites is 1. The van der Waals surface area contributed by atoms with Crippen LogP contribution >= 0.6 is 23.4 Å². The zero-order valence-electron chi connectivity index (χ0n) is 17.5. The minimum absolute atomic E-state index is 0.0480. The van der Waals surface area contributed by atoms with Crippen molar-refractivity contribution in [1.29, 1.82) is 0 Å². The van der Waals surface area contributed by atoms with Gasteiger partial charge < -0.3 is 14.4 Å². The van der Waals surface area contributed by atoms with Crippen LogP contribution in [0.4, 0.5) is 0 Å². The number of carbonyl (C=O) groups excluding carboxylic acids is 2. The van der Waals surface area contributed by atoms with Gasteiger partial charge in [0.1, 0.15) is 0 Å². The third kappa shape index (κ3) is 4.81. The molecule has 0 N–H and O–H groups in total. The molecule has 5 nitrogen and oxygen atoms in total. The summed E-state index contributed by atoms with van der Waals surface area (Å²) in [5, 5.41) is 1.85. The molecule has 1 aromatic heterocycles. The molecule has 0 spiro atoms. The van der Waals surface area contributed by atoms with Crippen molar-refractivity contribution in [3.8, 4) is 0 Å². The number of benzene rings is 2. The number of aromatic nitrogens is 1. The van der Waals surface area contributed by atoms with Gasteiger partial charge in [-0.2, -0.15) is 0 Å². The molecule has 0 saturated carbocycles. The zero-order chi connectivity index (χ0) is 22.0. The molecule has 2 heterocycles. The fourth-order valence-electron chi connectivity index (χ4n) is 3.74. The molecule has 1 saturated heterocycles. The molecule has 7 heteroatoms. The molecular formula is C24H24ClN3O2S. The number of amides is 2. The second-order valence-electron chi connectivity index (χ2n) is 7.58. The second kappa shape index (κ2) is 9.20. The van der Waals surface area contributed by atoms with Crippen molar-refractivity contribution in [2.45, 2.75) is 16.7 Å². The molecule has 0 unspecified atom stereocenters. The number of carbonyl (C=O) groups is 2. The van der Waals surface area contributed by atoms with Gasteiger partial charge in [-0.15, -0.1) is 0 Å². The average molecular weight is 454 g/mol. The standard InChI is InChI=1S/C24H24ClN3O2S/c1-17(29)27-12-14-28(15-13-27)23(30)9-7-18-6-8-21(20(25)16-18)31-22-5-3-4-19-10-11-26(2)24(19)22/h3-11,16H,12-15H2,1-2H3/b9-7+. The third-order valence-electron chi connectivity index (χ3n) is 5.49.